The summed E-state index contributed by atoms with van der Waals surface area (Å²) in [5, 5.41) is 0. The summed E-state index contributed by atoms with van der Waals surface area (Å²) in [5.41, 5.74) is 0. The highest BCUT2D eigenvalue weighted by atomic mass is 32.2. The second kappa shape index (κ2) is 5.75. The molecule has 84 valence electrons. The minimum absolute atomic E-state index is 0.205. The number of rotatable bonds is 6. The van der Waals surface area contributed by atoms with Crippen molar-refractivity contribution in [2.45, 2.75) is 13.3 Å². The number of para-hydroxylation sites is 1. The topological polar surface area (TPSA) is 43.4 Å². The molecular weight excluding hydrogens is 212 g/mol. The fourth-order valence-electron chi connectivity index (χ4n) is 1.13. The molecule has 0 aliphatic rings. The van der Waals surface area contributed by atoms with E-state index in [1.807, 2.05) is 30.3 Å². The third-order valence-electron chi connectivity index (χ3n) is 2.05. The molecule has 1 aromatic carbocycles. The maximum Gasteiger partial charge on any atom is 0.150 e. The molecule has 0 heterocycles. The Hall–Kier alpha value is -1.03. The summed E-state index contributed by atoms with van der Waals surface area (Å²) in [5.74, 6) is 1.20. The molecular formula is C11H16O3S. The van der Waals surface area contributed by atoms with Gasteiger partial charge in [-0.15, -0.1) is 0 Å². The molecule has 0 spiro atoms. The van der Waals surface area contributed by atoms with E-state index < -0.39 is 9.84 Å². The normalized spacial score (nSPS) is 11.3. The van der Waals surface area contributed by atoms with E-state index in [-0.39, 0.29) is 11.5 Å². The average Bonchev–Trinajstić information content (AvgIpc) is 2.26. The summed E-state index contributed by atoms with van der Waals surface area (Å²) in [6.45, 7) is 2.11. The lowest BCUT2D eigenvalue weighted by atomic mass is 10.3. The van der Waals surface area contributed by atoms with E-state index in [2.05, 4.69) is 0 Å². The Kier molecular flexibility index (Phi) is 4.62. The zero-order valence-electron chi connectivity index (χ0n) is 8.85. The number of hydrogen-bond acceptors (Lipinski definition) is 3. The van der Waals surface area contributed by atoms with Crippen LogP contribution in [0.5, 0.6) is 5.75 Å². The van der Waals surface area contributed by atoms with Gasteiger partial charge in [0.25, 0.3) is 0 Å². The maximum atomic E-state index is 11.2. The van der Waals surface area contributed by atoms with Gasteiger partial charge in [-0.1, -0.05) is 25.1 Å². The fourth-order valence-corrected chi connectivity index (χ4v) is 1.98. The predicted octanol–water partition coefficient (Wildman–Crippen LogP) is 1.89. The summed E-state index contributed by atoms with van der Waals surface area (Å²) < 4.78 is 27.7. The summed E-state index contributed by atoms with van der Waals surface area (Å²) in [6.07, 6.45) is 0.547. The predicted molar refractivity (Wildman–Crippen MR) is 60.9 cm³/mol. The van der Waals surface area contributed by atoms with Crippen LogP contribution in [0.15, 0.2) is 30.3 Å². The fraction of sp³-hybridized carbons (Fsp3) is 0.455. The SMILES string of the molecule is CCS(=O)(=O)CCCOc1ccccc1. The standard InChI is InChI=1S/C11H16O3S/c1-2-15(12,13)10-6-9-14-11-7-4-3-5-8-11/h3-5,7-8H,2,6,9-10H2,1H3. The third-order valence-corrected chi connectivity index (χ3v) is 3.84. The van der Waals surface area contributed by atoms with E-state index in [4.69, 9.17) is 4.74 Å². The van der Waals surface area contributed by atoms with Crippen molar-refractivity contribution in [2.24, 2.45) is 0 Å². The van der Waals surface area contributed by atoms with E-state index in [1.165, 1.54) is 0 Å². The number of ether oxygens (including phenoxy) is 1. The second-order valence-electron chi connectivity index (χ2n) is 3.25. The van der Waals surface area contributed by atoms with E-state index in [1.54, 1.807) is 6.92 Å². The molecule has 0 aliphatic heterocycles. The minimum Gasteiger partial charge on any atom is -0.494 e. The van der Waals surface area contributed by atoms with Crippen molar-refractivity contribution >= 4 is 9.84 Å². The molecule has 0 fully saturated rings. The lowest BCUT2D eigenvalue weighted by Gasteiger charge is -2.05. The highest BCUT2D eigenvalue weighted by molar-refractivity contribution is 7.91. The Labute approximate surface area is 91.0 Å². The smallest absolute Gasteiger partial charge is 0.150 e. The van der Waals surface area contributed by atoms with Gasteiger partial charge in [0.15, 0.2) is 0 Å². The Bertz CT molecular complexity index is 370. The summed E-state index contributed by atoms with van der Waals surface area (Å²) in [4.78, 5) is 0. The highest BCUT2D eigenvalue weighted by Crippen LogP contribution is 2.08. The van der Waals surface area contributed by atoms with E-state index in [9.17, 15) is 8.42 Å². The van der Waals surface area contributed by atoms with Crippen LogP contribution in [0, 0.1) is 0 Å². The van der Waals surface area contributed by atoms with Gasteiger partial charge in [-0.3, -0.25) is 0 Å². The monoisotopic (exact) mass is 228 g/mol. The average molecular weight is 228 g/mol. The molecule has 0 saturated heterocycles. The lowest BCUT2D eigenvalue weighted by molar-refractivity contribution is 0.317. The van der Waals surface area contributed by atoms with Crippen LogP contribution in [0.25, 0.3) is 0 Å². The van der Waals surface area contributed by atoms with Crippen LogP contribution >= 0.6 is 0 Å². The van der Waals surface area contributed by atoms with Crippen molar-refractivity contribution in [3.05, 3.63) is 30.3 Å². The first-order valence-corrected chi connectivity index (χ1v) is 6.84. The van der Waals surface area contributed by atoms with Gasteiger partial charge in [0.1, 0.15) is 15.6 Å². The van der Waals surface area contributed by atoms with E-state index in [0.717, 1.165) is 5.75 Å². The van der Waals surface area contributed by atoms with Gasteiger partial charge in [0.2, 0.25) is 0 Å². The Morgan fingerprint density at radius 1 is 1.20 bits per heavy atom. The Morgan fingerprint density at radius 3 is 2.47 bits per heavy atom. The molecule has 0 aromatic heterocycles. The molecule has 3 nitrogen and oxygen atoms in total. The molecule has 0 unspecified atom stereocenters. The molecule has 0 radical (unpaired) electrons. The van der Waals surface area contributed by atoms with Crippen molar-refractivity contribution in [3.63, 3.8) is 0 Å². The molecule has 0 N–H and O–H groups in total. The van der Waals surface area contributed by atoms with Crippen molar-refractivity contribution < 1.29 is 13.2 Å². The van der Waals surface area contributed by atoms with Crippen LogP contribution in [-0.2, 0) is 9.84 Å². The van der Waals surface area contributed by atoms with Crippen molar-refractivity contribution in [2.75, 3.05) is 18.1 Å². The molecule has 1 aromatic rings. The zero-order chi connectivity index (χ0) is 11.1. The van der Waals surface area contributed by atoms with Crippen LogP contribution in [0.1, 0.15) is 13.3 Å². The largest absolute Gasteiger partial charge is 0.494 e. The first-order valence-electron chi connectivity index (χ1n) is 5.02. The number of benzene rings is 1. The number of sulfone groups is 1. The van der Waals surface area contributed by atoms with Gasteiger partial charge in [-0.25, -0.2) is 8.42 Å². The van der Waals surface area contributed by atoms with Crippen LogP contribution in [0.3, 0.4) is 0 Å². The lowest BCUT2D eigenvalue weighted by Crippen LogP contribution is -2.11. The quantitative estimate of drug-likeness (QED) is 0.698. The summed E-state index contributed by atoms with van der Waals surface area (Å²) >= 11 is 0. The molecule has 0 bridgehead atoms. The Morgan fingerprint density at radius 2 is 1.87 bits per heavy atom. The van der Waals surface area contributed by atoms with E-state index >= 15 is 0 Å². The van der Waals surface area contributed by atoms with Crippen LogP contribution in [0.2, 0.25) is 0 Å². The van der Waals surface area contributed by atoms with Gasteiger partial charge in [0, 0.05) is 5.75 Å². The summed E-state index contributed by atoms with van der Waals surface area (Å²) in [6, 6.07) is 9.40. The van der Waals surface area contributed by atoms with Gasteiger partial charge in [-0.05, 0) is 18.6 Å². The molecule has 0 atom stereocenters. The number of hydrogen-bond donors (Lipinski definition) is 0. The first-order chi connectivity index (χ1) is 7.14. The van der Waals surface area contributed by atoms with E-state index in [0.29, 0.717) is 13.0 Å². The highest BCUT2D eigenvalue weighted by Gasteiger charge is 2.06. The van der Waals surface area contributed by atoms with Crippen molar-refractivity contribution in [1.82, 2.24) is 0 Å². The summed E-state index contributed by atoms with van der Waals surface area (Å²) in [7, 11) is -2.85. The van der Waals surface area contributed by atoms with Crippen LogP contribution < -0.4 is 4.74 Å². The van der Waals surface area contributed by atoms with Gasteiger partial charge < -0.3 is 4.74 Å². The molecule has 0 aliphatic carbocycles. The second-order valence-corrected chi connectivity index (χ2v) is 5.72. The zero-order valence-corrected chi connectivity index (χ0v) is 9.66. The Balaban J connectivity index is 2.24. The molecule has 0 amide bonds. The molecule has 4 heteroatoms. The van der Waals surface area contributed by atoms with Crippen molar-refractivity contribution in [3.8, 4) is 5.75 Å². The van der Waals surface area contributed by atoms with Crippen LogP contribution in [-0.4, -0.2) is 26.5 Å². The van der Waals surface area contributed by atoms with Crippen molar-refractivity contribution in [1.29, 1.82) is 0 Å². The van der Waals surface area contributed by atoms with Gasteiger partial charge in [-0.2, -0.15) is 0 Å². The van der Waals surface area contributed by atoms with Crippen LogP contribution in [0.4, 0.5) is 0 Å². The molecule has 15 heavy (non-hydrogen) atoms. The molecule has 1 rings (SSSR count). The minimum atomic E-state index is -2.85. The van der Waals surface area contributed by atoms with Gasteiger partial charge in [0.05, 0.1) is 12.4 Å². The first kappa shape index (κ1) is 12.0. The molecule has 0 saturated carbocycles. The maximum absolute atomic E-state index is 11.2. The van der Waals surface area contributed by atoms with Gasteiger partial charge >= 0.3 is 0 Å². The third kappa shape index (κ3) is 4.83.